The Morgan fingerprint density at radius 2 is 2.04 bits per heavy atom. The second kappa shape index (κ2) is 8.72. The normalized spacial score (nSPS) is 17.2. The highest BCUT2D eigenvalue weighted by Gasteiger charge is 2.29. The van der Waals surface area contributed by atoms with Crippen molar-refractivity contribution in [3.8, 4) is 0 Å². The number of hydrogen-bond donors (Lipinski definition) is 1. The highest BCUT2D eigenvalue weighted by molar-refractivity contribution is 5.78. The van der Waals surface area contributed by atoms with Crippen molar-refractivity contribution in [1.82, 2.24) is 15.2 Å². The van der Waals surface area contributed by atoms with Crippen LogP contribution in [-0.4, -0.2) is 34.9 Å². The third-order valence-electron chi connectivity index (χ3n) is 4.71. The van der Waals surface area contributed by atoms with Crippen LogP contribution in [0.25, 0.3) is 0 Å². The molecule has 1 saturated heterocycles. The molecule has 1 aromatic heterocycles. The lowest BCUT2D eigenvalue weighted by Gasteiger charge is -2.25. The zero-order valence-corrected chi connectivity index (χ0v) is 14.3. The number of aromatic nitrogens is 1. The van der Waals surface area contributed by atoms with Crippen LogP contribution in [0.3, 0.4) is 0 Å². The summed E-state index contributed by atoms with van der Waals surface area (Å²) in [7, 11) is 0. The summed E-state index contributed by atoms with van der Waals surface area (Å²) in [5, 5.41) is 3.42. The van der Waals surface area contributed by atoms with E-state index in [2.05, 4.69) is 10.3 Å². The summed E-state index contributed by atoms with van der Waals surface area (Å²) in [5.74, 6) is 0.0120. The van der Waals surface area contributed by atoms with Gasteiger partial charge in [0.25, 0.3) is 0 Å². The summed E-state index contributed by atoms with van der Waals surface area (Å²) in [6, 6.07) is 10.8. The van der Waals surface area contributed by atoms with E-state index in [0.717, 1.165) is 43.5 Å². The molecule has 2 aromatic rings. The topological polar surface area (TPSA) is 45.2 Å². The number of carbonyl (C=O) groups excluding carboxylic acids is 1. The lowest BCUT2D eigenvalue weighted by atomic mass is 10.1. The minimum Gasteiger partial charge on any atom is -0.339 e. The summed E-state index contributed by atoms with van der Waals surface area (Å²) < 4.78 is 13.0. The lowest BCUT2D eigenvalue weighted by molar-refractivity contribution is -0.129. The summed E-state index contributed by atoms with van der Waals surface area (Å²) >= 11 is 0. The summed E-state index contributed by atoms with van der Waals surface area (Å²) in [6.07, 6.45) is 6.92. The number of halogens is 1. The van der Waals surface area contributed by atoms with E-state index in [9.17, 15) is 9.18 Å². The van der Waals surface area contributed by atoms with Crippen molar-refractivity contribution in [3.63, 3.8) is 0 Å². The molecule has 3 rings (SSSR count). The molecule has 132 valence electrons. The SMILES string of the molecule is O=C1CC[C@H](CCNCc2cccnc2)N1CCc1ccc(F)cc1. The Hall–Kier alpha value is -2.27. The molecule has 0 bridgehead atoms. The monoisotopic (exact) mass is 341 g/mol. The molecule has 1 atom stereocenters. The molecule has 4 nitrogen and oxygen atoms in total. The van der Waals surface area contributed by atoms with Crippen LogP contribution in [0.5, 0.6) is 0 Å². The second-order valence-corrected chi connectivity index (χ2v) is 6.48. The lowest BCUT2D eigenvalue weighted by Crippen LogP contribution is -2.36. The highest BCUT2D eigenvalue weighted by atomic mass is 19.1. The fourth-order valence-electron chi connectivity index (χ4n) is 3.31. The van der Waals surface area contributed by atoms with Gasteiger partial charge in [-0.25, -0.2) is 4.39 Å². The molecule has 0 radical (unpaired) electrons. The molecule has 1 aliphatic rings. The number of likely N-dealkylation sites (tertiary alicyclic amines) is 1. The molecule has 5 heteroatoms. The number of hydrogen-bond acceptors (Lipinski definition) is 3. The second-order valence-electron chi connectivity index (χ2n) is 6.48. The van der Waals surface area contributed by atoms with Gasteiger partial charge < -0.3 is 10.2 Å². The van der Waals surface area contributed by atoms with Crippen LogP contribution in [0, 0.1) is 5.82 Å². The van der Waals surface area contributed by atoms with E-state index in [0.29, 0.717) is 19.0 Å². The van der Waals surface area contributed by atoms with Crippen molar-refractivity contribution < 1.29 is 9.18 Å². The first kappa shape index (κ1) is 17.5. The van der Waals surface area contributed by atoms with Crippen LogP contribution in [-0.2, 0) is 17.8 Å². The first-order valence-corrected chi connectivity index (χ1v) is 8.86. The molecule has 0 spiro atoms. The molecule has 1 aliphatic heterocycles. The Bertz CT molecular complexity index is 675. The molecular formula is C20H24FN3O. The van der Waals surface area contributed by atoms with Crippen LogP contribution in [0.1, 0.15) is 30.4 Å². The van der Waals surface area contributed by atoms with Crippen molar-refractivity contribution in [1.29, 1.82) is 0 Å². The van der Waals surface area contributed by atoms with Gasteiger partial charge in [0.2, 0.25) is 5.91 Å². The van der Waals surface area contributed by atoms with E-state index in [1.807, 2.05) is 23.2 Å². The van der Waals surface area contributed by atoms with Gasteiger partial charge in [-0.2, -0.15) is 0 Å². The number of nitrogens with zero attached hydrogens (tertiary/aromatic N) is 2. The van der Waals surface area contributed by atoms with Crippen LogP contribution in [0.15, 0.2) is 48.8 Å². The maximum atomic E-state index is 13.0. The Morgan fingerprint density at radius 1 is 1.20 bits per heavy atom. The Balaban J connectivity index is 1.44. The van der Waals surface area contributed by atoms with Crippen molar-refractivity contribution >= 4 is 5.91 Å². The van der Waals surface area contributed by atoms with Gasteiger partial charge in [-0.05, 0) is 55.1 Å². The smallest absolute Gasteiger partial charge is 0.222 e. The third-order valence-corrected chi connectivity index (χ3v) is 4.71. The van der Waals surface area contributed by atoms with Gasteiger partial charge in [0.05, 0.1) is 0 Å². The molecule has 0 unspecified atom stereocenters. The molecule has 1 N–H and O–H groups in total. The molecule has 25 heavy (non-hydrogen) atoms. The van der Waals surface area contributed by atoms with Gasteiger partial charge in [0.1, 0.15) is 5.82 Å². The van der Waals surface area contributed by atoms with Crippen LogP contribution in [0.2, 0.25) is 0 Å². The van der Waals surface area contributed by atoms with E-state index in [-0.39, 0.29) is 11.7 Å². The zero-order valence-electron chi connectivity index (χ0n) is 14.3. The molecule has 1 fully saturated rings. The van der Waals surface area contributed by atoms with Crippen LogP contribution in [0.4, 0.5) is 4.39 Å². The molecule has 0 aliphatic carbocycles. The van der Waals surface area contributed by atoms with Gasteiger partial charge in [-0.15, -0.1) is 0 Å². The summed E-state index contributed by atoms with van der Waals surface area (Å²) in [6.45, 7) is 2.38. The maximum absolute atomic E-state index is 13.0. The number of carbonyl (C=O) groups is 1. The van der Waals surface area contributed by atoms with Gasteiger partial charge >= 0.3 is 0 Å². The summed E-state index contributed by atoms with van der Waals surface area (Å²) in [4.78, 5) is 18.3. The highest BCUT2D eigenvalue weighted by Crippen LogP contribution is 2.21. The molecule has 2 heterocycles. The maximum Gasteiger partial charge on any atom is 0.222 e. The van der Waals surface area contributed by atoms with E-state index in [1.54, 1.807) is 18.3 Å². The van der Waals surface area contributed by atoms with Gasteiger partial charge in [0.15, 0.2) is 0 Å². The Kier molecular flexibility index (Phi) is 6.12. The number of benzene rings is 1. The van der Waals surface area contributed by atoms with E-state index in [4.69, 9.17) is 0 Å². The standard InChI is InChI=1S/C20H24FN3O/c21-18-5-3-16(4-6-18)10-13-24-19(7-8-20(24)25)9-12-23-15-17-2-1-11-22-14-17/h1-6,11,14,19,23H,7-10,12-13,15H2/t19-/m1/s1. The minimum absolute atomic E-state index is 0.224. The van der Waals surface area contributed by atoms with Gasteiger partial charge in [-0.3, -0.25) is 9.78 Å². The van der Waals surface area contributed by atoms with Crippen molar-refractivity contribution in [3.05, 3.63) is 65.7 Å². The molecule has 1 amide bonds. The fourth-order valence-corrected chi connectivity index (χ4v) is 3.31. The quantitative estimate of drug-likeness (QED) is 0.751. The van der Waals surface area contributed by atoms with Gasteiger partial charge in [0, 0.05) is 37.9 Å². The van der Waals surface area contributed by atoms with E-state index in [1.165, 1.54) is 12.1 Å². The zero-order chi connectivity index (χ0) is 17.5. The number of pyridine rings is 1. The molecule has 1 aromatic carbocycles. The van der Waals surface area contributed by atoms with Crippen molar-refractivity contribution in [2.75, 3.05) is 13.1 Å². The van der Waals surface area contributed by atoms with Crippen molar-refractivity contribution in [2.24, 2.45) is 0 Å². The summed E-state index contributed by atoms with van der Waals surface area (Å²) in [5.41, 5.74) is 2.23. The number of nitrogens with one attached hydrogen (secondary N) is 1. The van der Waals surface area contributed by atoms with Gasteiger partial charge in [-0.1, -0.05) is 18.2 Å². The van der Waals surface area contributed by atoms with Crippen LogP contribution < -0.4 is 5.32 Å². The Labute approximate surface area is 148 Å². The van der Waals surface area contributed by atoms with Crippen LogP contribution >= 0.6 is 0 Å². The average molecular weight is 341 g/mol. The minimum atomic E-state index is -0.224. The fraction of sp³-hybridized carbons (Fsp3) is 0.400. The average Bonchev–Trinajstić information content (AvgIpc) is 2.99. The molecule has 0 saturated carbocycles. The molecular weight excluding hydrogens is 317 g/mol. The first-order valence-electron chi connectivity index (χ1n) is 8.86. The van der Waals surface area contributed by atoms with Crippen molar-refractivity contribution in [2.45, 2.75) is 38.3 Å². The van der Waals surface area contributed by atoms with E-state index < -0.39 is 0 Å². The predicted octanol–water partition coefficient (Wildman–Crippen LogP) is 2.93. The first-order chi connectivity index (χ1) is 12.2. The third kappa shape index (κ3) is 5.10. The number of rotatable bonds is 8. The predicted molar refractivity (Wildman–Crippen MR) is 95.4 cm³/mol. The Morgan fingerprint density at radius 3 is 2.80 bits per heavy atom. The largest absolute Gasteiger partial charge is 0.339 e. The number of amides is 1. The van der Waals surface area contributed by atoms with E-state index >= 15 is 0 Å².